The molecule has 0 aromatic heterocycles. The summed E-state index contributed by atoms with van der Waals surface area (Å²) in [5.74, 6) is -0.126. The average Bonchev–Trinajstić information content (AvgIpc) is 2.17. The van der Waals surface area contributed by atoms with Crippen molar-refractivity contribution in [2.75, 3.05) is 6.54 Å². The maximum absolute atomic E-state index is 11.5. The topological polar surface area (TPSA) is 86.2 Å². The molecule has 0 radical (unpaired) electrons. The molecule has 0 aliphatic heterocycles. The van der Waals surface area contributed by atoms with Gasteiger partial charge in [-0.3, -0.25) is 14.9 Å². The summed E-state index contributed by atoms with van der Waals surface area (Å²) in [4.78, 5) is 21.4. The van der Waals surface area contributed by atoms with Crippen molar-refractivity contribution in [1.29, 1.82) is 0 Å². The molecule has 80 valence electrons. The fourth-order valence-electron chi connectivity index (χ4n) is 1.11. The van der Waals surface area contributed by atoms with Crippen LogP contribution in [0, 0.1) is 10.1 Å². The van der Waals surface area contributed by atoms with Gasteiger partial charge in [-0.05, 0) is 28.5 Å². The zero-order valence-corrected chi connectivity index (χ0v) is 9.36. The van der Waals surface area contributed by atoms with E-state index in [0.29, 0.717) is 10.0 Å². The maximum Gasteiger partial charge on any atom is 0.270 e. The SMILES string of the molecule is NCCC(=O)c1ccc([N+](=O)[O-])cc1Br. The molecule has 0 bridgehead atoms. The first-order chi connectivity index (χ1) is 7.06. The van der Waals surface area contributed by atoms with Gasteiger partial charge >= 0.3 is 0 Å². The summed E-state index contributed by atoms with van der Waals surface area (Å²) in [6.45, 7) is 0.266. The number of nitrogens with zero attached hydrogens (tertiary/aromatic N) is 1. The molecule has 0 saturated heterocycles. The summed E-state index contributed by atoms with van der Waals surface area (Å²) in [6, 6.07) is 4.04. The van der Waals surface area contributed by atoms with Crippen molar-refractivity contribution in [2.45, 2.75) is 6.42 Å². The zero-order valence-electron chi connectivity index (χ0n) is 7.77. The zero-order chi connectivity index (χ0) is 11.4. The predicted octanol–water partition coefficient (Wildman–Crippen LogP) is 1.89. The van der Waals surface area contributed by atoms with Gasteiger partial charge in [0.1, 0.15) is 0 Å². The molecular formula is C9H9BrN2O3. The Morgan fingerprint density at radius 2 is 2.20 bits per heavy atom. The van der Waals surface area contributed by atoms with E-state index in [4.69, 9.17) is 5.73 Å². The highest BCUT2D eigenvalue weighted by Crippen LogP contribution is 2.23. The second kappa shape index (κ2) is 4.99. The number of nitrogens with two attached hydrogens (primary N) is 1. The largest absolute Gasteiger partial charge is 0.330 e. The van der Waals surface area contributed by atoms with E-state index in [1.165, 1.54) is 18.2 Å². The molecule has 0 amide bonds. The van der Waals surface area contributed by atoms with Gasteiger partial charge in [-0.1, -0.05) is 0 Å². The Hall–Kier alpha value is -1.27. The third kappa shape index (κ3) is 2.84. The summed E-state index contributed by atoms with van der Waals surface area (Å²) in [5, 5.41) is 10.4. The number of rotatable bonds is 4. The number of nitro benzene ring substituents is 1. The van der Waals surface area contributed by atoms with Gasteiger partial charge in [-0.15, -0.1) is 0 Å². The van der Waals surface area contributed by atoms with Crippen LogP contribution in [0.3, 0.4) is 0 Å². The summed E-state index contributed by atoms with van der Waals surface area (Å²) in [5.41, 5.74) is 5.62. The lowest BCUT2D eigenvalue weighted by Gasteiger charge is -2.01. The van der Waals surface area contributed by atoms with Crippen molar-refractivity contribution in [1.82, 2.24) is 0 Å². The summed E-state index contributed by atoms with van der Waals surface area (Å²) in [6.07, 6.45) is 0.233. The molecule has 2 N–H and O–H groups in total. The van der Waals surface area contributed by atoms with Crippen LogP contribution in [0.25, 0.3) is 0 Å². The number of Topliss-reactive ketones (excluding diaryl/α,β-unsaturated/α-hetero) is 1. The minimum absolute atomic E-state index is 0.0498. The average molecular weight is 273 g/mol. The van der Waals surface area contributed by atoms with Crippen LogP contribution >= 0.6 is 15.9 Å². The van der Waals surface area contributed by atoms with Crippen LogP contribution in [-0.4, -0.2) is 17.3 Å². The number of carbonyl (C=O) groups excluding carboxylic acids is 1. The van der Waals surface area contributed by atoms with E-state index < -0.39 is 4.92 Å². The summed E-state index contributed by atoms with van der Waals surface area (Å²) >= 11 is 3.12. The second-order valence-corrected chi connectivity index (χ2v) is 3.74. The van der Waals surface area contributed by atoms with Crippen molar-refractivity contribution in [2.24, 2.45) is 5.73 Å². The van der Waals surface area contributed by atoms with Crippen LogP contribution < -0.4 is 5.73 Å². The molecular weight excluding hydrogens is 264 g/mol. The van der Waals surface area contributed by atoms with Gasteiger partial charge in [0.2, 0.25) is 0 Å². The number of nitro groups is 1. The van der Waals surface area contributed by atoms with Crippen LogP contribution in [0.2, 0.25) is 0 Å². The van der Waals surface area contributed by atoms with Gasteiger partial charge in [0.15, 0.2) is 5.78 Å². The van der Waals surface area contributed by atoms with Gasteiger partial charge < -0.3 is 5.73 Å². The van der Waals surface area contributed by atoms with Crippen molar-refractivity contribution >= 4 is 27.4 Å². The molecule has 1 aromatic rings. The van der Waals surface area contributed by atoms with Crippen LogP contribution in [-0.2, 0) is 0 Å². The molecule has 0 fully saturated rings. The number of non-ortho nitro benzene ring substituents is 1. The van der Waals surface area contributed by atoms with Gasteiger partial charge in [0, 0.05) is 28.6 Å². The van der Waals surface area contributed by atoms with Crippen LogP contribution in [0.15, 0.2) is 22.7 Å². The highest BCUT2D eigenvalue weighted by atomic mass is 79.9. The first kappa shape index (κ1) is 11.8. The predicted molar refractivity (Wildman–Crippen MR) is 58.8 cm³/mol. The minimum Gasteiger partial charge on any atom is -0.330 e. The molecule has 0 spiro atoms. The molecule has 0 unspecified atom stereocenters. The summed E-state index contributed by atoms with van der Waals surface area (Å²) in [7, 11) is 0. The monoisotopic (exact) mass is 272 g/mol. The molecule has 0 aliphatic carbocycles. The number of hydrogen-bond acceptors (Lipinski definition) is 4. The van der Waals surface area contributed by atoms with E-state index in [2.05, 4.69) is 15.9 Å². The second-order valence-electron chi connectivity index (χ2n) is 2.88. The van der Waals surface area contributed by atoms with E-state index in [9.17, 15) is 14.9 Å². The van der Waals surface area contributed by atoms with Gasteiger partial charge in [0.25, 0.3) is 5.69 Å². The van der Waals surface area contributed by atoms with E-state index in [0.717, 1.165) is 0 Å². The van der Waals surface area contributed by atoms with Crippen molar-refractivity contribution in [3.05, 3.63) is 38.3 Å². The van der Waals surface area contributed by atoms with E-state index in [1.54, 1.807) is 0 Å². The first-order valence-corrected chi connectivity index (χ1v) is 5.02. The maximum atomic E-state index is 11.5. The number of hydrogen-bond donors (Lipinski definition) is 1. The van der Waals surface area contributed by atoms with Crippen LogP contribution in [0.4, 0.5) is 5.69 Å². The highest BCUT2D eigenvalue weighted by Gasteiger charge is 2.13. The molecule has 0 saturated carbocycles. The van der Waals surface area contributed by atoms with Crippen molar-refractivity contribution < 1.29 is 9.72 Å². The number of ketones is 1. The van der Waals surface area contributed by atoms with Gasteiger partial charge in [-0.2, -0.15) is 0 Å². The third-order valence-electron chi connectivity index (χ3n) is 1.84. The molecule has 0 aliphatic rings. The third-order valence-corrected chi connectivity index (χ3v) is 2.49. The van der Waals surface area contributed by atoms with E-state index in [1.807, 2.05) is 0 Å². The van der Waals surface area contributed by atoms with Crippen molar-refractivity contribution in [3.8, 4) is 0 Å². The fraction of sp³-hybridized carbons (Fsp3) is 0.222. The first-order valence-electron chi connectivity index (χ1n) is 4.23. The lowest BCUT2D eigenvalue weighted by atomic mass is 10.1. The van der Waals surface area contributed by atoms with E-state index in [-0.39, 0.29) is 24.4 Å². The Balaban J connectivity index is 3.03. The Bertz CT molecular complexity index is 406. The smallest absolute Gasteiger partial charge is 0.270 e. The Morgan fingerprint density at radius 1 is 1.53 bits per heavy atom. The number of benzene rings is 1. The molecule has 1 rings (SSSR count). The molecule has 5 nitrogen and oxygen atoms in total. The van der Waals surface area contributed by atoms with Crippen LogP contribution in [0.5, 0.6) is 0 Å². The van der Waals surface area contributed by atoms with Gasteiger partial charge in [0.05, 0.1) is 4.92 Å². The standard InChI is InChI=1S/C9H9BrN2O3/c10-8-5-6(12(14)15)1-2-7(8)9(13)3-4-11/h1-2,5H,3-4,11H2. The number of halogens is 1. The molecule has 15 heavy (non-hydrogen) atoms. The Labute approximate surface area is 94.5 Å². The highest BCUT2D eigenvalue weighted by molar-refractivity contribution is 9.10. The Morgan fingerprint density at radius 3 is 2.67 bits per heavy atom. The van der Waals surface area contributed by atoms with Crippen LogP contribution in [0.1, 0.15) is 16.8 Å². The van der Waals surface area contributed by atoms with E-state index >= 15 is 0 Å². The quantitative estimate of drug-likeness (QED) is 0.515. The fourth-order valence-corrected chi connectivity index (χ4v) is 1.70. The lowest BCUT2D eigenvalue weighted by Crippen LogP contribution is -2.08. The van der Waals surface area contributed by atoms with Crippen molar-refractivity contribution in [3.63, 3.8) is 0 Å². The summed E-state index contributed by atoms with van der Waals surface area (Å²) < 4.78 is 0.426. The lowest BCUT2D eigenvalue weighted by molar-refractivity contribution is -0.384. The minimum atomic E-state index is -0.512. The molecule has 1 aromatic carbocycles. The molecule has 6 heteroatoms. The Kier molecular flexibility index (Phi) is 3.93. The number of carbonyl (C=O) groups is 1. The normalized spacial score (nSPS) is 10.0. The molecule has 0 heterocycles. The molecule has 0 atom stereocenters. The van der Waals surface area contributed by atoms with Gasteiger partial charge in [-0.25, -0.2) is 0 Å².